The minimum atomic E-state index is -0.702. The number of Topliss-reactive ketones (excluding diaryl/α,β-unsaturated/α-hetero) is 1. The molecule has 0 fully saturated rings. The lowest BCUT2D eigenvalue weighted by Crippen LogP contribution is -2.09. The number of carbonyl (C=O) groups is 2. The molecule has 0 aromatic carbocycles. The fourth-order valence-electron chi connectivity index (χ4n) is 5.05. The van der Waals surface area contributed by atoms with Crippen LogP contribution in [-0.4, -0.2) is 80.5 Å². The van der Waals surface area contributed by atoms with Crippen LogP contribution in [0.1, 0.15) is 83.0 Å². The monoisotopic (exact) mass is 686 g/mol. The van der Waals surface area contributed by atoms with Gasteiger partial charge in [0.05, 0.1) is 35.4 Å². The summed E-state index contributed by atoms with van der Waals surface area (Å²) in [5.41, 5.74) is 16.0. The average Bonchev–Trinajstić information content (AvgIpc) is 3.86. The number of nitrogens with one attached hydrogen (secondary N) is 2. The number of aliphatic hydroxyl groups excluding tert-OH is 1. The number of methoxy groups -OCH3 is 1. The maximum atomic E-state index is 12.3. The zero-order chi connectivity index (χ0) is 35.9. The number of aryl methyl sites for hydroxylation is 4. The summed E-state index contributed by atoms with van der Waals surface area (Å²) < 4.78 is 7.69. The smallest absolute Gasteiger partial charge is 0.343 e. The highest BCUT2D eigenvalue weighted by molar-refractivity contribution is 6.01. The maximum Gasteiger partial charge on any atom is 0.343 e. The predicted octanol–water partition coefficient (Wildman–Crippen LogP) is 4.55. The summed E-state index contributed by atoms with van der Waals surface area (Å²) in [6.07, 6.45) is 5.80. The van der Waals surface area contributed by atoms with Gasteiger partial charge in [-0.2, -0.15) is 29.8 Å². The molecule has 0 saturated carbocycles. The molecule has 0 bridgehead atoms. The standard InChI is InChI=1S/C30H38N16O4/c1-6-8-10-17-24(37-41-28-22(19(48)13-47)15(3)35-39-28)26(31)45(43-17)20-12-21(34-14-33-20)46-27(32)25(18(44-46)11-9-7-2)38-42-29-23(30(49)50-5)16(4)36-40-29/h12,14,47H,6-11,13,31-32H2,1-5H3,(H,35,39)(H,36,40)/b41-37+,42-38+. The molecule has 0 saturated heterocycles. The van der Waals surface area contributed by atoms with Crippen LogP contribution in [-0.2, 0) is 17.6 Å². The number of aromatic amines is 2. The number of carbonyl (C=O) groups excluding carboxylic acids is 2. The summed E-state index contributed by atoms with van der Waals surface area (Å²) in [5, 5.41) is 49.4. The summed E-state index contributed by atoms with van der Waals surface area (Å²) in [6.45, 7) is 6.66. The van der Waals surface area contributed by atoms with Crippen LogP contribution in [0.15, 0.2) is 32.9 Å². The van der Waals surface area contributed by atoms with Gasteiger partial charge in [0.25, 0.3) is 0 Å². The molecule has 20 heteroatoms. The lowest BCUT2D eigenvalue weighted by Gasteiger charge is -2.06. The van der Waals surface area contributed by atoms with E-state index >= 15 is 0 Å². The Kier molecular flexibility index (Phi) is 10.8. The van der Waals surface area contributed by atoms with E-state index in [2.05, 4.69) is 57.7 Å². The fourth-order valence-corrected chi connectivity index (χ4v) is 5.05. The second-order valence-electron chi connectivity index (χ2n) is 11.2. The normalized spacial score (nSPS) is 11.7. The van der Waals surface area contributed by atoms with E-state index in [0.717, 1.165) is 25.7 Å². The Morgan fingerprint density at radius 1 is 0.820 bits per heavy atom. The van der Waals surface area contributed by atoms with E-state index < -0.39 is 18.4 Å². The van der Waals surface area contributed by atoms with Gasteiger partial charge in [-0.25, -0.2) is 14.8 Å². The summed E-state index contributed by atoms with van der Waals surface area (Å²) in [6, 6.07) is 1.60. The van der Waals surface area contributed by atoms with Crippen LogP contribution in [0.25, 0.3) is 11.6 Å². The quantitative estimate of drug-likeness (QED) is 0.0576. The number of ketones is 1. The molecule has 0 spiro atoms. The van der Waals surface area contributed by atoms with Crippen molar-refractivity contribution in [1.82, 2.24) is 49.9 Å². The van der Waals surface area contributed by atoms with Gasteiger partial charge < -0.3 is 21.3 Å². The zero-order valence-corrected chi connectivity index (χ0v) is 28.3. The van der Waals surface area contributed by atoms with E-state index in [0.29, 0.717) is 52.9 Å². The van der Waals surface area contributed by atoms with Gasteiger partial charge in [0.2, 0.25) is 0 Å². The number of nitrogens with zero attached hydrogens (tertiary/aromatic N) is 12. The Hall–Kier alpha value is -6.18. The second-order valence-corrected chi connectivity index (χ2v) is 11.2. The number of aliphatic hydroxyl groups is 1. The van der Waals surface area contributed by atoms with Crippen LogP contribution in [0.5, 0.6) is 0 Å². The lowest BCUT2D eigenvalue weighted by atomic mass is 10.1. The van der Waals surface area contributed by atoms with E-state index in [-0.39, 0.29) is 40.1 Å². The number of rotatable bonds is 15. The number of H-pyrrole nitrogens is 2. The van der Waals surface area contributed by atoms with E-state index in [1.165, 1.54) is 22.8 Å². The van der Waals surface area contributed by atoms with Crippen molar-refractivity contribution >= 4 is 46.4 Å². The number of hydrogen-bond acceptors (Lipinski definition) is 16. The molecule has 0 unspecified atom stereocenters. The Bertz CT molecular complexity index is 1930. The van der Waals surface area contributed by atoms with Crippen LogP contribution >= 0.6 is 0 Å². The highest BCUT2D eigenvalue weighted by atomic mass is 16.5. The number of esters is 1. The van der Waals surface area contributed by atoms with Crippen molar-refractivity contribution in [2.75, 3.05) is 25.2 Å². The largest absolute Gasteiger partial charge is 0.465 e. The van der Waals surface area contributed by atoms with Crippen molar-refractivity contribution < 1.29 is 19.4 Å². The number of aromatic nitrogens is 10. The fraction of sp³-hybridized carbons (Fsp3) is 0.400. The minimum Gasteiger partial charge on any atom is -0.465 e. The SMILES string of the molecule is CCCCc1nn(-c2cc(-n3nc(CCCC)c(/N=N/c4[nH]nc(C)c4C(=O)OC)c3N)ncn2)c(N)c1/N=N/c1[nH]nc(C)c1C(=O)CO. The Morgan fingerprint density at radius 3 is 1.76 bits per heavy atom. The van der Waals surface area contributed by atoms with Crippen LogP contribution in [0.4, 0.5) is 34.6 Å². The topological polar surface area (TPSA) is 284 Å². The van der Waals surface area contributed by atoms with E-state index in [9.17, 15) is 14.7 Å². The Balaban J connectivity index is 1.54. The minimum absolute atomic E-state index is 0.0876. The molecule has 0 aliphatic rings. The van der Waals surface area contributed by atoms with Gasteiger partial charge in [0, 0.05) is 6.07 Å². The summed E-state index contributed by atoms with van der Waals surface area (Å²) in [7, 11) is 1.27. The van der Waals surface area contributed by atoms with Crippen molar-refractivity contribution in [3.05, 3.63) is 46.3 Å². The predicted molar refractivity (Wildman–Crippen MR) is 180 cm³/mol. The third kappa shape index (κ3) is 6.99. The number of nitrogen functional groups attached to an aromatic ring is 2. The first-order valence-corrected chi connectivity index (χ1v) is 15.9. The maximum absolute atomic E-state index is 12.3. The number of ether oxygens (including phenoxy) is 1. The van der Waals surface area contributed by atoms with Gasteiger partial charge >= 0.3 is 5.97 Å². The first-order chi connectivity index (χ1) is 24.1. The summed E-state index contributed by atoms with van der Waals surface area (Å²) in [5.74, 6) is -0.0646. The third-order valence-electron chi connectivity index (χ3n) is 7.70. The lowest BCUT2D eigenvalue weighted by molar-refractivity contribution is 0.0600. The van der Waals surface area contributed by atoms with Crippen molar-refractivity contribution in [3.8, 4) is 11.6 Å². The van der Waals surface area contributed by atoms with Gasteiger partial charge in [0.1, 0.15) is 18.5 Å². The highest BCUT2D eigenvalue weighted by Gasteiger charge is 2.23. The van der Waals surface area contributed by atoms with Gasteiger partial charge in [-0.3, -0.25) is 15.0 Å². The molecule has 5 aromatic heterocycles. The molecular formula is C30H38N16O4. The van der Waals surface area contributed by atoms with Crippen LogP contribution < -0.4 is 11.5 Å². The molecule has 262 valence electrons. The van der Waals surface area contributed by atoms with E-state index in [4.69, 9.17) is 26.4 Å². The molecule has 5 aromatic rings. The molecule has 5 heterocycles. The first kappa shape index (κ1) is 35.1. The molecule has 0 radical (unpaired) electrons. The molecule has 0 amide bonds. The summed E-state index contributed by atoms with van der Waals surface area (Å²) >= 11 is 0. The van der Waals surface area contributed by atoms with E-state index in [1.807, 2.05) is 6.92 Å². The second kappa shape index (κ2) is 15.4. The molecule has 0 aliphatic carbocycles. The van der Waals surface area contributed by atoms with Crippen molar-refractivity contribution in [1.29, 1.82) is 0 Å². The molecule has 20 nitrogen and oxygen atoms in total. The number of unbranched alkanes of at least 4 members (excludes halogenated alkanes) is 2. The Morgan fingerprint density at radius 2 is 1.30 bits per heavy atom. The van der Waals surface area contributed by atoms with E-state index in [1.54, 1.807) is 19.9 Å². The molecule has 7 N–H and O–H groups in total. The molecule has 0 aliphatic heterocycles. The number of azo groups is 2. The molecular weight excluding hydrogens is 648 g/mol. The highest BCUT2D eigenvalue weighted by Crippen LogP contribution is 2.35. The van der Waals surface area contributed by atoms with Crippen LogP contribution in [0.2, 0.25) is 0 Å². The zero-order valence-electron chi connectivity index (χ0n) is 28.3. The number of nitrogens with two attached hydrogens (primary N) is 2. The van der Waals surface area contributed by atoms with Gasteiger partial charge in [0.15, 0.2) is 52.1 Å². The summed E-state index contributed by atoms with van der Waals surface area (Å²) in [4.78, 5) is 33.4. The van der Waals surface area contributed by atoms with Crippen LogP contribution in [0.3, 0.4) is 0 Å². The van der Waals surface area contributed by atoms with Gasteiger partial charge in [-0.05, 0) is 39.5 Å². The van der Waals surface area contributed by atoms with Gasteiger partial charge in [-0.15, -0.1) is 20.5 Å². The third-order valence-corrected chi connectivity index (χ3v) is 7.70. The average molecular weight is 687 g/mol. The number of anilines is 2. The van der Waals surface area contributed by atoms with Crippen molar-refractivity contribution in [2.45, 2.75) is 66.2 Å². The molecule has 0 atom stereocenters. The molecule has 50 heavy (non-hydrogen) atoms. The first-order valence-electron chi connectivity index (χ1n) is 15.9. The van der Waals surface area contributed by atoms with Gasteiger partial charge in [-0.1, -0.05) is 26.7 Å². The molecule has 5 rings (SSSR count). The van der Waals surface area contributed by atoms with Crippen molar-refractivity contribution in [3.63, 3.8) is 0 Å². The van der Waals surface area contributed by atoms with Crippen molar-refractivity contribution in [2.24, 2.45) is 20.5 Å². The Labute approximate surface area is 285 Å². The van der Waals surface area contributed by atoms with Crippen LogP contribution in [0, 0.1) is 13.8 Å². The number of hydrogen-bond donors (Lipinski definition) is 5.